The molecular formula is C14H22N2O2. The summed E-state index contributed by atoms with van der Waals surface area (Å²) < 4.78 is 0. The largest absolute Gasteiger partial charge is 0.508 e. The fourth-order valence-electron chi connectivity index (χ4n) is 1.72. The van der Waals surface area contributed by atoms with E-state index in [-0.39, 0.29) is 11.7 Å². The standard InChI is InChI=1S/C14H22N2O2/c1-4-5-6-11(15)14(18)16-12-7-10(3)13(17)8-9(12)2/h7-8,11,17H,4-6,15H2,1-3H3,(H,16,18). The Morgan fingerprint density at radius 3 is 2.67 bits per heavy atom. The van der Waals surface area contributed by atoms with Gasteiger partial charge in [0.25, 0.3) is 0 Å². The molecule has 0 fully saturated rings. The van der Waals surface area contributed by atoms with E-state index >= 15 is 0 Å². The summed E-state index contributed by atoms with van der Waals surface area (Å²) in [5.74, 6) is 0.0671. The molecule has 4 nitrogen and oxygen atoms in total. The molecule has 0 aliphatic heterocycles. The molecule has 1 unspecified atom stereocenters. The van der Waals surface area contributed by atoms with Crippen molar-refractivity contribution >= 4 is 11.6 Å². The summed E-state index contributed by atoms with van der Waals surface area (Å²) in [6.45, 7) is 5.70. The van der Waals surface area contributed by atoms with Crippen molar-refractivity contribution in [3.8, 4) is 5.75 Å². The van der Waals surface area contributed by atoms with Crippen LogP contribution in [0.25, 0.3) is 0 Å². The molecule has 1 aromatic carbocycles. The summed E-state index contributed by atoms with van der Waals surface area (Å²) in [6, 6.07) is 2.93. The smallest absolute Gasteiger partial charge is 0.241 e. The Labute approximate surface area is 108 Å². The number of anilines is 1. The number of nitrogens with one attached hydrogen (secondary N) is 1. The number of carbonyl (C=O) groups excluding carboxylic acids is 1. The minimum atomic E-state index is -0.474. The van der Waals surface area contributed by atoms with Crippen LogP contribution in [0.5, 0.6) is 5.75 Å². The Morgan fingerprint density at radius 1 is 1.39 bits per heavy atom. The van der Waals surface area contributed by atoms with Crippen molar-refractivity contribution in [2.45, 2.75) is 46.1 Å². The molecule has 0 saturated carbocycles. The highest BCUT2D eigenvalue weighted by Gasteiger charge is 2.14. The molecule has 0 aliphatic carbocycles. The van der Waals surface area contributed by atoms with Crippen molar-refractivity contribution in [1.29, 1.82) is 0 Å². The molecule has 18 heavy (non-hydrogen) atoms. The van der Waals surface area contributed by atoms with E-state index in [0.29, 0.717) is 12.1 Å². The first-order valence-corrected chi connectivity index (χ1v) is 6.32. The molecule has 100 valence electrons. The first kappa shape index (κ1) is 14.5. The molecule has 0 aliphatic rings. The Morgan fingerprint density at radius 2 is 2.06 bits per heavy atom. The second-order valence-electron chi connectivity index (χ2n) is 4.69. The second kappa shape index (κ2) is 6.40. The molecule has 1 aromatic rings. The number of hydrogen-bond donors (Lipinski definition) is 3. The minimum absolute atomic E-state index is 0.170. The number of aromatic hydroxyl groups is 1. The zero-order valence-electron chi connectivity index (χ0n) is 11.3. The Hall–Kier alpha value is -1.55. The summed E-state index contributed by atoms with van der Waals surface area (Å²) >= 11 is 0. The van der Waals surface area contributed by atoms with Gasteiger partial charge in [0.2, 0.25) is 5.91 Å². The zero-order chi connectivity index (χ0) is 13.7. The van der Waals surface area contributed by atoms with Gasteiger partial charge >= 0.3 is 0 Å². The molecule has 1 atom stereocenters. The highest BCUT2D eigenvalue weighted by atomic mass is 16.3. The fourth-order valence-corrected chi connectivity index (χ4v) is 1.72. The minimum Gasteiger partial charge on any atom is -0.508 e. The SMILES string of the molecule is CCCCC(N)C(=O)Nc1cc(C)c(O)cc1C. The van der Waals surface area contributed by atoms with Crippen LogP contribution < -0.4 is 11.1 Å². The van der Waals surface area contributed by atoms with E-state index in [1.54, 1.807) is 19.1 Å². The van der Waals surface area contributed by atoms with Crippen LogP contribution in [0.15, 0.2) is 12.1 Å². The molecule has 1 rings (SSSR count). The summed E-state index contributed by atoms with van der Waals surface area (Å²) in [5, 5.41) is 12.4. The predicted molar refractivity (Wildman–Crippen MR) is 73.7 cm³/mol. The lowest BCUT2D eigenvalue weighted by molar-refractivity contribution is -0.117. The summed E-state index contributed by atoms with van der Waals surface area (Å²) in [5.41, 5.74) is 8.08. The first-order chi connectivity index (χ1) is 8.45. The molecule has 1 amide bonds. The molecule has 0 spiro atoms. The summed E-state index contributed by atoms with van der Waals surface area (Å²) in [6.07, 6.45) is 2.67. The van der Waals surface area contributed by atoms with Crippen molar-refractivity contribution in [3.05, 3.63) is 23.3 Å². The fraction of sp³-hybridized carbons (Fsp3) is 0.500. The molecule has 0 radical (unpaired) electrons. The van der Waals surface area contributed by atoms with Crippen LogP contribution in [0, 0.1) is 13.8 Å². The van der Waals surface area contributed by atoms with Crippen LogP contribution in [0.4, 0.5) is 5.69 Å². The second-order valence-corrected chi connectivity index (χ2v) is 4.69. The van der Waals surface area contributed by atoms with E-state index in [1.807, 2.05) is 6.92 Å². The van der Waals surface area contributed by atoms with Crippen LogP contribution in [-0.4, -0.2) is 17.1 Å². The lowest BCUT2D eigenvalue weighted by Gasteiger charge is -2.14. The number of phenolic OH excluding ortho intramolecular Hbond substituents is 1. The van der Waals surface area contributed by atoms with Gasteiger partial charge in [-0.2, -0.15) is 0 Å². The molecule has 0 aromatic heterocycles. The Bertz CT molecular complexity index is 430. The maximum absolute atomic E-state index is 11.9. The first-order valence-electron chi connectivity index (χ1n) is 6.32. The highest BCUT2D eigenvalue weighted by molar-refractivity contribution is 5.95. The molecule has 4 N–H and O–H groups in total. The third-order valence-electron chi connectivity index (χ3n) is 3.01. The maximum atomic E-state index is 11.9. The van der Waals surface area contributed by atoms with Gasteiger partial charge in [-0.25, -0.2) is 0 Å². The molecule has 0 saturated heterocycles. The van der Waals surface area contributed by atoms with Crippen LogP contribution in [-0.2, 0) is 4.79 Å². The number of carbonyl (C=O) groups is 1. The van der Waals surface area contributed by atoms with E-state index in [1.165, 1.54) is 0 Å². The van der Waals surface area contributed by atoms with Gasteiger partial charge < -0.3 is 16.2 Å². The van der Waals surface area contributed by atoms with Crippen molar-refractivity contribution in [3.63, 3.8) is 0 Å². The predicted octanol–water partition coefficient (Wildman–Crippen LogP) is 2.47. The number of benzene rings is 1. The average molecular weight is 250 g/mol. The zero-order valence-corrected chi connectivity index (χ0v) is 11.3. The summed E-state index contributed by atoms with van der Waals surface area (Å²) in [7, 11) is 0. The summed E-state index contributed by atoms with van der Waals surface area (Å²) in [4.78, 5) is 11.9. The number of nitrogens with two attached hydrogens (primary N) is 1. The topological polar surface area (TPSA) is 75.4 Å². The monoisotopic (exact) mass is 250 g/mol. The molecule has 4 heteroatoms. The van der Waals surface area contributed by atoms with Crippen LogP contribution in [0.1, 0.15) is 37.3 Å². The third kappa shape index (κ3) is 3.74. The van der Waals surface area contributed by atoms with Gasteiger partial charge in [0.15, 0.2) is 0 Å². The number of unbranched alkanes of at least 4 members (excludes halogenated alkanes) is 1. The quantitative estimate of drug-likeness (QED) is 0.703. The molecule has 0 bridgehead atoms. The van der Waals surface area contributed by atoms with Crippen molar-refractivity contribution in [2.75, 3.05) is 5.32 Å². The van der Waals surface area contributed by atoms with Gasteiger partial charge in [-0.3, -0.25) is 4.79 Å². The van der Waals surface area contributed by atoms with Crippen LogP contribution in [0.3, 0.4) is 0 Å². The van der Waals surface area contributed by atoms with E-state index < -0.39 is 6.04 Å². The van der Waals surface area contributed by atoms with Gasteiger partial charge in [0.1, 0.15) is 5.75 Å². The van der Waals surface area contributed by atoms with Crippen LogP contribution >= 0.6 is 0 Å². The number of aryl methyl sites for hydroxylation is 2. The van der Waals surface area contributed by atoms with E-state index in [2.05, 4.69) is 12.2 Å². The molecular weight excluding hydrogens is 228 g/mol. The van der Waals surface area contributed by atoms with Crippen molar-refractivity contribution < 1.29 is 9.90 Å². The van der Waals surface area contributed by atoms with Crippen molar-refractivity contribution in [1.82, 2.24) is 0 Å². The number of rotatable bonds is 5. The lowest BCUT2D eigenvalue weighted by atomic mass is 10.1. The van der Waals surface area contributed by atoms with Gasteiger partial charge in [-0.1, -0.05) is 19.8 Å². The number of phenols is 1. The number of hydrogen-bond acceptors (Lipinski definition) is 3. The van der Waals surface area contributed by atoms with Gasteiger partial charge in [0, 0.05) is 5.69 Å². The van der Waals surface area contributed by atoms with E-state index in [9.17, 15) is 9.90 Å². The third-order valence-corrected chi connectivity index (χ3v) is 3.01. The van der Waals surface area contributed by atoms with Gasteiger partial charge in [0.05, 0.1) is 6.04 Å². The molecule has 0 heterocycles. The van der Waals surface area contributed by atoms with E-state index in [4.69, 9.17) is 5.73 Å². The normalized spacial score (nSPS) is 12.2. The highest BCUT2D eigenvalue weighted by Crippen LogP contribution is 2.25. The maximum Gasteiger partial charge on any atom is 0.241 e. The van der Waals surface area contributed by atoms with Crippen molar-refractivity contribution in [2.24, 2.45) is 5.73 Å². The average Bonchev–Trinajstić information content (AvgIpc) is 2.32. The van der Waals surface area contributed by atoms with Crippen LogP contribution in [0.2, 0.25) is 0 Å². The van der Waals surface area contributed by atoms with Gasteiger partial charge in [-0.05, 0) is 43.5 Å². The van der Waals surface area contributed by atoms with E-state index in [0.717, 1.165) is 24.0 Å². The van der Waals surface area contributed by atoms with Gasteiger partial charge in [-0.15, -0.1) is 0 Å². The Balaban J connectivity index is 2.72. The number of amides is 1. The lowest BCUT2D eigenvalue weighted by Crippen LogP contribution is -2.35. The Kier molecular flexibility index (Phi) is 5.16.